The van der Waals surface area contributed by atoms with Gasteiger partial charge in [-0.25, -0.2) is 0 Å². The second-order valence-corrected chi connectivity index (χ2v) is 6.88. The van der Waals surface area contributed by atoms with Crippen LogP contribution < -0.4 is 5.32 Å². The summed E-state index contributed by atoms with van der Waals surface area (Å²) in [6.45, 7) is 6.37. The van der Waals surface area contributed by atoms with Gasteiger partial charge in [0.05, 0.1) is 29.9 Å². The van der Waals surface area contributed by atoms with Gasteiger partial charge in [0.2, 0.25) is 5.91 Å². The molecule has 9 heteroatoms. The average Bonchev–Trinajstić information content (AvgIpc) is 2.62. The largest absolute Gasteiger partial charge is 0.390 e. The molecular weight excluding hydrogens is 352 g/mol. The minimum atomic E-state index is -0.491. The highest BCUT2D eigenvalue weighted by Crippen LogP contribution is 2.21. The van der Waals surface area contributed by atoms with Gasteiger partial charge in [0.1, 0.15) is 0 Å². The van der Waals surface area contributed by atoms with E-state index >= 15 is 0 Å². The number of nitro groups is 1. The third-order valence-electron chi connectivity index (χ3n) is 4.52. The van der Waals surface area contributed by atoms with Gasteiger partial charge < -0.3 is 20.1 Å². The number of carbonyl (C=O) groups is 1. The SMILES string of the molecule is Cc1ccc([N+](=O)[O-])cc1NC(=O)CCN(C)C[C@H](O)CN1CCOCC1. The molecule has 1 atom stereocenters. The number of nitrogens with one attached hydrogen (secondary N) is 1. The Kier molecular flexibility index (Phi) is 8.11. The van der Waals surface area contributed by atoms with Crippen LogP contribution in [0.2, 0.25) is 0 Å². The Hall–Kier alpha value is -2.07. The summed E-state index contributed by atoms with van der Waals surface area (Å²) in [6.07, 6.45) is -0.252. The lowest BCUT2D eigenvalue weighted by molar-refractivity contribution is -0.384. The van der Waals surface area contributed by atoms with E-state index in [-0.39, 0.29) is 18.0 Å². The molecule has 9 nitrogen and oxygen atoms in total. The number of amides is 1. The number of aliphatic hydroxyl groups excluding tert-OH is 1. The fourth-order valence-electron chi connectivity index (χ4n) is 2.95. The highest BCUT2D eigenvalue weighted by Gasteiger charge is 2.17. The van der Waals surface area contributed by atoms with E-state index in [0.29, 0.717) is 38.5 Å². The lowest BCUT2D eigenvalue weighted by Crippen LogP contribution is -2.44. The number of rotatable bonds is 9. The third kappa shape index (κ3) is 7.22. The molecule has 0 bridgehead atoms. The Balaban J connectivity index is 1.74. The molecule has 0 aromatic heterocycles. The molecule has 0 saturated carbocycles. The minimum absolute atomic E-state index is 0.0562. The summed E-state index contributed by atoms with van der Waals surface area (Å²) >= 11 is 0. The van der Waals surface area contributed by atoms with Crippen LogP contribution >= 0.6 is 0 Å². The van der Waals surface area contributed by atoms with Crippen LogP contribution in [-0.4, -0.2) is 84.8 Å². The van der Waals surface area contributed by atoms with Gasteiger partial charge in [0, 0.05) is 51.3 Å². The van der Waals surface area contributed by atoms with Gasteiger partial charge in [-0.2, -0.15) is 0 Å². The molecule has 0 spiro atoms. The smallest absolute Gasteiger partial charge is 0.271 e. The van der Waals surface area contributed by atoms with Gasteiger partial charge in [0.25, 0.3) is 5.69 Å². The quantitative estimate of drug-likeness (QED) is 0.483. The number of ether oxygens (including phenoxy) is 1. The number of morpholine rings is 1. The highest BCUT2D eigenvalue weighted by atomic mass is 16.6. The molecule has 1 aromatic rings. The number of benzene rings is 1. The second-order valence-electron chi connectivity index (χ2n) is 6.88. The molecule has 0 radical (unpaired) electrons. The van der Waals surface area contributed by atoms with E-state index in [9.17, 15) is 20.0 Å². The molecule has 1 heterocycles. The van der Waals surface area contributed by atoms with Crippen LogP contribution in [0.15, 0.2) is 18.2 Å². The van der Waals surface area contributed by atoms with Crippen molar-refractivity contribution in [1.82, 2.24) is 9.80 Å². The molecule has 2 N–H and O–H groups in total. The average molecular weight is 380 g/mol. The van der Waals surface area contributed by atoms with Crippen molar-refractivity contribution in [2.75, 3.05) is 58.3 Å². The van der Waals surface area contributed by atoms with Gasteiger partial charge in [-0.3, -0.25) is 19.8 Å². The van der Waals surface area contributed by atoms with Gasteiger partial charge >= 0.3 is 0 Å². The van der Waals surface area contributed by atoms with Crippen LogP contribution in [0.5, 0.6) is 0 Å². The molecule has 1 amide bonds. The maximum Gasteiger partial charge on any atom is 0.271 e. The molecule has 0 aliphatic carbocycles. The Bertz CT molecular complexity index is 649. The van der Waals surface area contributed by atoms with Crippen LogP contribution in [0.25, 0.3) is 0 Å². The molecule has 1 aromatic carbocycles. The Labute approximate surface area is 159 Å². The van der Waals surface area contributed by atoms with Crippen molar-refractivity contribution in [2.45, 2.75) is 19.4 Å². The fraction of sp³-hybridized carbons (Fsp3) is 0.611. The number of aryl methyl sites for hydroxylation is 1. The first-order valence-electron chi connectivity index (χ1n) is 9.06. The molecule has 1 fully saturated rings. The first kappa shape index (κ1) is 21.2. The summed E-state index contributed by atoms with van der Waals surface area (Å²) in [5.74, 6) is -0.215. The predicted octanol–water partition coefficient (Wildman–Crippen LogP) is 0.857. The number of β-amino-alcohol motifs (C(OH)–C–C–N with tert-alkyl or cyclic N) is 1. The summed E-state index contributed by atoms with van der Waals surface area (Å²) in [7, 11) is 1.86. The van der Waals surface area contributed by atoms with E-state index in [1.807, 2.05) is 11.9 Å². The van der Waals surface area contributed by atoms with Crippen LogP contribution in [0.3, 0.4) is 0 Å². The van der Waals surface area contributed by atoms with E-state index < -0.39 is 11.0 Å². The van der Waals surface area contributed by atoms with Gasteiger partial charge in [-0.05, 0) is 19.5 Å². The van der Waals surface area contributed by atoms with Crippen molar-refractivity contribution in [3.05, 3.63) is 33.9 Å². The molecular formula is C18H28N4O5. The minimum Gasteiger partial charge on any atom is -0.390 e. The van der Waals surface area contributed by atoms with Gasteiger partial charge in [-0.15, -0.1) is 0 Å². The van der Waals surface area contributed by atoms with E-state index in [0.717, 1.165) is 18.7 Å². The van der Waals surface area contributed by atoms with Crippen molar-refractivity contribution in [3.8, 4) is 0 Å². The highest BCUT2D eigenvalue weighted by molar-refractivity contribution is 5.92. The maximum atomic E-state index is 12.2. The zero-order valence-electron chi connectivity index (χ0n) is 15.9. The molecule has 1 aliphatic heterocycles. The number of anilines is 1. The summed E-state index contributed by atoms with van der Waals surface area (Å²) in [5, 5.41) is 23.8. The third-order valence-corrected chi connectivity index (χ3v) is 4.52. The Morgan fingerprint density at radius 1 is 1.44 bits per heavy atom. The van der Waals surface area contributed by atoms with Crippen LogP contribution in [0.1, 0.15) is 12.0 Å². The summed E-state index contributed by atoms with van der Waals surface area (Å²) in [4.78, 5) is 26.6. The van der Waals surface area contributed by atoms with E-state index in [4.69, 9.17) is 4.74 Å². The molecule has 2 rings (SSSR count). The molecule has 1 aliphatic rings. The summed E-state index contributed by atoms with van der Waals surface area (Å²) in [5.41, 5.74) is 1.16. The van der Waals surface area contributed by atoms with Crippen molar-refractivity contribution in [3.63, 3.8) is 0 Å². The summed E-state index contributed by atoms with van der Waals surface area (Å²) in [6, 6.07) is 4.39. The van der Waals surface area contributed by atoms with E-state index in [1.54, 1.807) is 13.0 Å². The first-order chi connectivity index (χ1) is 12.8. The van der Waals surface area contributed by atoms with Crippen molar-refractivity contribution in [2.24, 2.45) is 0 Å². The Morgan fingerprint density at radius 3 is 2.81 bits per heavy atom. The van der Waals surface area contributed by atoms with Crippen molar-refractivity contribution in [1.29, 1.82) is 0 Å². The van der Waals surface area contributed by atoms with E-state index in [2.05, 4.69) is 10.2 Å². The number of hydrogen-bond acceptors (Lipinski definition) is 7. The number of carbonyl (C=O) groups excluding carboxylic acids is 1. The van der Waals surface area contributed by atoms with Crippen LogP contribution in [-0.2, 0) is 9.53 Å². The van der Waals surface area contributed by atoms with E-state index in [1.165, 1.54) is 12.1 Å². The summed E-state index contributed by atoms with van der Waals surface area (Å²) < 4.78 is 5.29. The first-order valence-corrected chi connectivity index (χ1v) is 9.06. The molecule has 0 unspecified atom stereocenters. The Morgan fingerprint density at radius 2 is 2.15 bits per heavy atom. The van der Waals surface area contributed by atoms with Crippen molar-refractivity contribution < 1.29 is 19.6 Å². The zero-order chi connectivity index (χ0) is 19.8. The molecule has 150 valence electrons. The van der Waals surface area contributed by atoms with Crippen LogP contribution in [0.4, 0.5) is 11.4 Å². The number of non-ortho nitro benzene ring substituents is 1. The second kappa shape index (κ2) is 10.3. The number of hydrogen-bond donors (Lipinski definition) is 2. The monoisotopic (exact) mass is 380 g/mol. The maximum absolute atomic E-state index is 12.2. The lowest BCUT2D eigenvalue weighted by Gasteiger charge is -2.30. The van der Waals surface area contributed by atoms with Gasteiger partial charge in [-0.1, -0.05) is 6.07 Å². The fourth-order valence-corrected chi connectivity index (χ4v) is 2.95. The number of likely N-dealkylation sites (N-methyl/N-ethyl adjacent to an activating group) is 1. The van der Waals surface area contributed by atoms with Crippen molar-refractivity contribution >= 4 is 17.3 Å². The number of nitro benzene ring substituents is 1. The lowest BCUT2D eigenvalue weighted by atomic mass is 10.1. The van der Waals surface area contributed by atoms with Crippen LogP contribution in [0, 0.1) is 17.0 Å². The number of nitrogens with zero attached hydrogens (tertiary/aromatic N) is 3. The molecule has 1 saturated heterocycles. The number of aliphatic hydroxyl groups is 1. The normalized spacial score (nSPS) is 16.3. The topological polar surface area (TPSA) is 108 Å². The standard InChI is InChI=1S/C18H28N4O5/c1-14-3-4-15(22(25)26)11-17(14)19-18(24)5-6-20(2)12-16(23)13-21-7-9-27-10-8-21/h3-4,11,16,23H,5-10,12-13H2,1-2H3,(H,19,24)/t16-/m0/s1. The predicted molar refractivity (Wildman–Crippen MR) is 102 cm³/mol. The zero-order valence-corrected chi connectivity index (χ0v) is 15.9. The van der Waals surface area contributed by atoms with Gasteiger partial charge in [0.15, 0.2) is 0 Å². The molecule has 27 heavy (non-hydrogen) atoms.